The van der Waals surface area contributed by atoms with Crippen LogP contribution in [-0.2, 0) is 10.3 Å². The summed E-state index contributed by atoms with van der Waals surface area (Å²) >= 11 is 0. The molecule has 0 saturated heterocycles. The second kappa shape index (κ2) is 3.68. The zero-order valence-corrected chi connectivity index (χ0v) is 8.59. The maximum Gasteiger partial charge on any atom is 0.235 e. The molecule has 0 N–H and O–H groups in total. The second-order valence-electron chi connectivity index (χ2n) is 3.70. The summed E-state index contributed by atoms with van der Waals surface area (Å²) in [5, 5.41) is 0. The van der Waals surface area contributed by atoms with Gasteiger partial charge in [-0.05, 0) is 18.9 Å². The molecule has 1 aromatic carbocycles. The van der Waals surface area contributed by atoms with Crippen LogP contribution in [0, 0.1) is 11.6 Å². The van der Waals surface area contributed by atoms with E-state index >= 15 is 0 Å². The lowest BCUT2D eigenvalue weighted by atomic mass is 10.0. The van der Waals surface area contributed by atoms with Crippen molar-refractivity contribution in [1.29, 1.82) is 0 Å². The predicted molar refractivity (Wildman–Crippen MR) is 51.9 cm³/mol. The molecule has 3 nitrogen and oxygen atoms in total. The van der Waals surface area contributed by atoms with Crippen molar-refractivity contribution in [2.24, 2.45) is 4.99 Å². The van der Waals surface area contributed by atoms with Gasteiger partial charge in [-0.15, -0.1) is 0 Å². The van der Waals surface area contributed by atoms with E-state index in [0.717, 1.165) is 12.1 Å². The molecule has 1 aliphatic rings. The quantitative estimate of drug-likeness (QED) is 0.584. The van der Waals surface area contributed by atoms with Gasteiger partial charge in [-0.3, -0.25) is 0 Å². The summed E-state index contributed by atoms with van der Waals surface area (Å²) in [5.74, 6) is -1.46. The number of halogens is 2. The molecule has 1 aliphatic carbocycles. The van der Waals surface area contributed by atoms with Gasteiger partial charge in [0.15, 0.2) is 11.6 Å². The maximum absolute atomic E-state index is 13.8. The third-order valence-corrected chi connectivity index (χ3v) is 2.71. The van der Waals surface area contributed by atoms with Gasteiger partial charge < -0.3 is 4.74 Å². The smallest absolute Gasteiger partial charge is 0.235 e. The molecule has 84 valence electrons. The predicted octanol–water partition coefficient (Wildman–Crippen LogP) is 2.30. The number of benzene rings is 1. The normalized spacial score (nSPS) is 16.4. The minimum absolute atomic E-state index is 0.0627. The van der Waals surface area contributed by atoms with E-state index in [9.17, 15) is 13.6 Å². The molecule has 0 aromatic heterocycles. The van der Waals surface area contributed by atoms with E-state index in [2.05, 4.69) is 4.99 Å². The van der Waals surface area contributed by atoms with E-state index in [-0.39, 0.29) is 11.3 Å². The maximum atomic E-state index is 13.8. The molecule has 16 heavy (non-hydrogen) atoms. The fourth-order valence-corrected chi connectivity index (χ4v) is 1.70. The van der Waals surface area contributed by atoms with Crippen molar-refractivity contribution < 1.29 is 18.3 Å². The zero-order valence-electron chi connectivity index (χ0n) is 8.59. The third kappa shape index (κ3) is 1.59. The van der Waals surface area contributed by atoms with Crippen molar-refractivity contribution in [2.45, 2.75) is 18.4 Å². The van der Waals surface area contributed by atoms with Gasteiger partial charge in [0.05, 0.1) is 7.11 Å². The Morgan fingerprint density at radius 2 is 2.12 bits per heavy atom. The van der Waals surface area contributed by atoms with E-state index in [1.54, 1.807) is 0 Å². The van der Waals surface area contributed by atoms with E-state index in [1.807, 2.05) is 0 Å². The van der Waals surface area contributed by atoms with Gasteiger partial charge in [0.1, 0.15) is 11.4 Å². The van der Waals surface area contributed by atoms with Crippen LogP contribution in [0.3, 0.4) is 0 Å². The van der Waals surface area contributed by atoms with Gasteiger partial charge in [0.25, 0.3) is 0 Å². The van der Waals surface area contributed by atoms with E-state index in [4.69, 9.17) is 4.74 Å². The topological polar surface area (TPSA) is 38.7 Å². The van der Waals surface area contributed by atoms with E-state index in [1.165, 1.54) is 13.2 Å². The lowest BCUT2D eigenvalue weighted by Crippen LogP contribution is -2.07. The van der Waals surface area contributed by atoms with Crippen molar-refractivity contribution in [3.63, 3.8) is 0 Å². The van der Waals surface area contributed by atoms with Gasteiger partial charge >= 0.3 is 0 Å². The molecule has 1 saturated carbocycles. The van der Waals surface area contributed by atoms with Gasteiger partial charge in [0.2, 0.25) is 6.08 Å². The molecule has 0 radical (unpaired) electrons. The van der Waals surface area contributed by atoms with Crippen LogP contribution < -0.4 is 4.74 Å². The zero-order chi connectivity index (χ0) is 11.8. The molecule has 2 rings (SSSR count). The van der Waals surface area contributed by atoms with Gasteiger partial charge in [-0.1, -0.05) is 0 Å². The molecule has 0 heterocycles. The summed E-state index contributed by atoms with van der Waals surface area (Å²) in [6.07, 6.45) is 2.44. The standard InChI is InChI=1S/C11H9F2NO2/c1-16-9-5-7(12)4-8(10(9)13)11(2-3-11)14-6-15/h4-5H,2-3H2,1H3. The SMILES string of the molecule is COc1cc(F)cc(C2(N=C=O)CC2)c1F. The van der Waals surface area contributed by atoms with Crippen molar-refractivity contribution in [3.8, 4) is 5.75 Å². The summed E-state index contributed by atoms with van der Waals surface area (Å²) in [4.78, 5) is 13.8. The van der Waals surface area contributed by atoms with Crippen LogP contribution in [0.5, 0.6) is 5.75 Å². The summed E-state index contributed by atoms with van der Waals surface area (Å²) in [6.45, 7) is 0. The Hall–Kier alpha value is -1.74. The van der Waals surface area contributed by atoms with Crippen LogP contribution in [0.1, 0.15) is 18.4 Å². The number of nitrogens with zero attached hydrogens (tertiary/aromatic N) is 1. The summed E-state index contributed by atoms with van der Waals surface area (Å²) in [6, 6.07) is 2.01. The van der Waals surface area contributed by atoms with Crippen LogP contribution in [-0.4, -0.2) is 13.2 Å². The molecule has 5 heteroatoms. The van der Waals surface area contributed by atoms with Gasteiger partial charge in [0, 0.05) is 11.6 Å². The lowest BCUT2D eigenvalue weighted by molar-refractivity contribution is 0.377. The Bertz CT molecular complexity index is 477. The van der Waals surface area contributed by atoms with Gasteiger partial charge in [-0.25, -0.2) is 13.6 Å². The van der Waals surface area contributed by atoms with Crippen LogP contribution in [0.4, 0.5) is 8.78 Å². The molecule has 0 atom stereocenters. The van der Waals surface area contributed by atoms with Crippen LogP contribution in [0.15, 0.2) is 17.1 Å². The summed E-state index contributed by atoms with van der Waals surface area (Å²) < 4.78 is 31.7. The van der Waals surface area contributed by atoms with Crippen LogP contribution in [0.25, 0.3) is 0 Å². The highest BCUT2D eigenvalue weighted by molar-refractivity contribution is 5.44. The first-order valence-electron chi connectivity index (χ1n) is 4.75. The number of aliphatic imine (C=N–C) groups is 1. The minimum atomic E-state index is -0.929. The first kappa shape index (κ1) is 10.8. The molecule has 0 unspecified atom stereocenters. The van der Waals surface area contributed by atoms with Crippen LogP contribution >= 0.6 is 0 Å². The number of hydrogen-bond donors (Lipinski definition) is 0. The first-order chi connectivity index (χ1) is 7.63. The van der Waals surface area contributed by atoms with Crippen molar-refractivity contribution in [2.75, 3.05) is 7.11 Å². The first-order valence-corrected chi connectivity index (χ1v) is 4.75. The number of carbonyl (C=O) groups excluding carboxylic acids is 1. The number of isocyanates is 1. The number of ether oxygens (including phenoxy) is 1. The molecular formula is C11H9F2NO2. The fourth-order valence-electron chi connectivity index (χ4n) is 1.70. The Kier molecular flexibility index (Phi) is 2.48. The van der Waals surface area contributed by atoms with Crippen molar-refractivity contribution in [3.05, 3.63) is 29.3 Å². The lowest BCUT2D eigenvalue weighted by Gasteiger charge is -2.12. The number of methoxy groups -OCH3 is 1. The Morgan fingerprint density at radius 1 is 1.44 bits per heavy atom. The monoisotopic (exact) mass is 225 g/mol. The molecular weight excluding hydrogens is 216 g/mol. The van der Waals surface area contributed by atoms with Crippen molar-refractivity contribution in [1.82, 2.24) is 0 Å². The third-order valence-electron chi connectivity index (χ3n) is 2.71. The van der Waals surface area contributed by atoms with Crippen LogP contribution in [0.2, 0.25) is 0 Å². The average molecular weight is 225 g/mol. The van der Waals surface area contributed by atoms with Gasteiger partial charge in [-0.2, -0.15) is 4.99 Å². The fraction of sp³-hybridized carbons (Fsp3) is 0.364. The largest absolute Gasteiger partial charge is 0.494 e. The molecule has 0 aliphatic heterocycles. The van der Waals surface area contributed by atoms with E-state index in [0.29, 0.717) is 12.8 Å². The van der Waals surface area contributed by atoms with Crippen molar-refractivity contribution >= 4 is 6.08 Å². The Labute approximate surface area is 90.8 Å². The molecule has 1 aromatic rings. The Morgan fingerprint density at radius 3 is 2.62 bits per heavy atom. The number of hydrogen-bond acceptors (Lipinski definition) is 3. The highest BCUT2D eigenvalue weighted by atomic mass is 19.1. The number of rotatable bonds is 3. The highest BCUT2D eigenvalue weighted by Gasteiger charge is 2.47. The average Bonchev–Trinajstić information content (AvgIpc) is 3.02. The highest BCUT2D eigenvalue weighted by Crippen LogP contribution is 2.51. The minimum Gasteiger partial charge on any atom is -0.494 e. The second-order valence-corrected chi connectivity index (χ2v) is 3.70. The Balaban J connectivity index is 2.56. The van der Waals surface area contributed by atoms with E-state index < -0.39 is 17.2 Å². The molecule has 0 amide bonds. The molecule has 1 fully saturated rings. The molecule has 0 spiro atoms. The summed E-state index contributed by atoms with van der Waals surface area (Å²) in [5.41, 5.74) is -0.867. The summed E-state index contributed by atoms with van der Waals surface area (Å²) in [7, 11) is 1.25. The molecule has 0 bridgehead atoms.